The average molecular weight is 393 g/mol. The third-order valence-electron chi connectivity index (χ3n) is 4.17. The topological polar surface area (TPSA) is 49.4 Å². The minimum atomic E-state index is -0.571. The summed E-state index contributed by atoms with van der Waals surface area (Å²) in [6.45, 7) is 8.82. The predicted octanol–water partition coefficient (Wildman–Crippen LogP) is 4.51. The standard InChI is InChI=1S/C20H25ClN2O2S/c1-5-23(12-16-9-10-17(21)26-16)20(25)18(13(2)3)22-19(24)15-8-6-7-14(4)11-15/h6-11,13,18H,5,12H2,1-4H3,(H,22,24)/t18-/m0/s1. The molecule has 6 heteroatoms. The van der Waals surface area contributed by atoms with E-state index in [4.69, 9.17) is 11.6 Å². The summed E-state index contributed by atoms with van der Waals surface area (Å²) in [5.74, 6) is -0.318. The second-order valence-corrected chi connectivity index (χ2v) is 8.42. The van der Waals surface area contributed by atoms with Gasteiger partial charge >= 0.3 is 0 Å². The zero-order valence-corrected chi connectivity index (χ0v) is 17.2. The molecule has 0 fully saturated rings. The van der Waals surface area contributed by atoms with Gasteiger partial charge in [-0.25, -0.2) is 0 Å². The third kappa shape index (κ3) is 5.32. The third-order valence-corrected chi connectivity index (χ3v) is 5.38. The van der Waals surface area contributed by atoms with E-state index in [1.54, 1.807) is 11.0 Å². The number of halogens is 1. The molecular formula is C20H25ClN2O2S. The van der Waals surface area contributed by atoms with Crippen molar-refractivity contribution in [2.75, 3.05) is 6.54 Å². The normalized spacial score (nSPS) is 12.1. The molecule has 1 aromatic heterocycles. The van der Waals surface area contributed by atoms with Crippen LogP contribution < -0.4 is 5.32 Å². The summed E-state index contributed by atoms with van der Waals surface area (Å²) >= 11 is 7.45. The number of amides is 2. The molecule has 2 aromatic rings. The van der Waals surface area contributed by atoms with Crippen LogP contribution in [0.3, 0.4) is 0 Å². The predicted molar refractivity (Wildman–Crippen MR) is 108 cm³/mol. The fourth-order valence-corrected chi connectivity index (χ4v) is 3.79. The lowest BCUT2D eigenvalue weighted by Crippen LogP contribution is -2.51. The number of benzene rings is 1. The SMILES string of the molecule is CCN(Cc1ccc(Cl)s1)C(=O)[C@@H](NC(=O)c1cccc(C)c1)C(C)C. The zero-order chi connectivity index (χ0) is 19.3. The van der Waals surface area contributed by atoms with Crippen molar-refractivity contribution in [1.29, 1.82) is 0 Å². The van der Waals surface area contributed by atoms with Gasteiger partial charge < -0.3 is 10.2 Å². The highest BCUT2D eigenvalue weighted by atomic mass is 35.5. The van der Waals surface area contributed by atoms with E-state index in [2.05, 4.69) is 5.32 Å². The number of rotatable bonds is 7. The molecule has 1 N–H and O–H groups in total. The van der Waals surface area contributed by atoms with Crippen LogP contribution in [-0.2, 0) is 11.3 Å². The molecule has 0 aliphatic heterocycles. The van der Waals surface area contributed by atoms with Gasteiger partial charge in [0.2, 0.25) is 5.91 Å². The van der Waals surface area contributed by atoms with Gasteiger partial charge in [0, 0.05) is 17.0 Å². The Labute approximate surface area is 164 Å². The van der Waals surface area contributed by atoms with E-state index in [1.807, 2.05) is 58.0 Å². The molecule has 0 radical (unpaired) electrons. The van der Waals surface area contributed by atoms with Crippen LogP contribution in [0.1, 0.15) is 41.6 Å². The minimum Gasteiger partial charge on any atom is -0.340 e. The van der Waals surface area contributed by atoms with Crippen LogP contribution in [0, 0.1) is 12.8 Å². The Morgan fingerprint density at radius 1 is 1.23 bits per heavy atom. The monoisotopic (exact) mass is 392 g/mol. The summed E-state index contributed by atoms with van der Waals surface area (Å²) in [5.41, 5.74) is 1.58. The Morgan fingerprint density at radius 2 is 1.96 bits per heavy atom. The molecule has 0 saturated heterocycles. The van der Waals surface area contributed by atoms with Gasteiger partial charge in [-0.1, -0.05) is 43.1 Å². The molecule has 1 aromatic carbocycles. The lowest BCUT2D eigenvalue weighted by atomic mass is 10.0. The van der Waals surface area contributed by atoms with Crippen LogP contribution in [0.5, 0.6) is 0 Å². The number of nitrogens with one attached hydrogen (secondary N) is 1. The Balaban J connectivity index is 2.13. The van der Waals surface area contributed by atoms with Crippen LogP contribution in [0.2, 0.25) is 4.34 Å². The molecule has 0 bridgehead atoms. The zero-order valence-electron chi connectivity index (χ0n) is 15.6. The van der Waals surface area contributed by atoms with E-state index in [1.165, 1.54) is 11.3 Å². The van der Waals surface area contributed by atoms with Gasteiger partial charge in [0.1, 0.15) is 6.04 Å². The minimum absolute atomic E-state index is 0.0165. The van der Waals surface area contributed by atoms with Crippen molar-refractivity contribution >= 4 is 34.8 Å². The smallest absolute Gasteiger partial charge is 0.251 e. The number of nitrogens with zero attached hydrogens (tertiary/aromatic N) is 1. The Kier molecular flexibility index (Phi) is 7.23. The molecule has 0 aliphatic rings. The summed E-state index contributed by atoms with van der Waals surface area (Å²) < 4.78 is 0.705. The first kappa shape index (κ1) is 20.5. The van der Waals surface area contributed by atoms with Gasteiger partial charge in [-0.2, -0.15) is 0 Å². The number of hydrogen-bond acceptors (Lipinski definition) is 3. The van der Waals surface area contributed by atoms with Crippen molar-refractivity contribution in [2.45, 2.75) is 40.3 Å². The van der Waals surface area contributed by atoms with Crippen LogP contribution in [-0.4, -0.2) is 29.3 Å². The lowest BCUT2D eigenvalue weighted by Gasteiger charge is -2.29. The fraction of sp³-hybridized carbons (Fsp3) is 0.400. The average Bonchev–Trinajstić information content (AvgIpc) is 3.01. The van der Waals surface area contributed by atoms with Crippen LogP contribution in [0.25, 0.3) is 0 Å². The van der Waals surface area contributed by atoms with E-state index in [9.17, 15) is 9.59 Å². The summed E-state index contributed by atoms with van der Waals surface area (Å²) in [5, 5.41) is 2.91. The van der Waals surface area contributed by atoms with Crippen LogP contribution in [0.15, 0.2) is 36.4 Å². The largest absolute Gasteiger partial charge is 0.340 e. The van der Waals surface area contributed by atoms with Crippen molar-refractivity contribution in [3.05, 3.63) is 56.7 Å². The molecule has 140 valence electrons. The number of hydrogen-bond donors (Lipinski definition) is 1. The summed E-state index contributed by atoms with van der Waals surface area (Å²) in [6.07, 6.45) is 0. The molecule has 2 amide bonds. The first-order valence-electron chi connectivity index (χ1n) is 8.72. The highest BCUT2D eigenvalue weighted by molar-refractivity contribution is 7.16. The lowest BCUT2D eigenvalue weighted by molar-refractivity contribution is -0.134. The summed E-state index contributed by atoms with van der Waals surface area (Å²) in [6, 6.07) is 10.6. The maximum absolute atomic E-state index is 13.0. The van der Waals surface area contributed by atoms with E-state index in [0.29, 0.717) is 23.0 Å². The Hall–Kier alpha value is -1.85. The first-order valence-corrected chi connectivity index (χ1v) is 9.91. The number of likely N-dealkylation sites (N-methyl/N-ethyl adjacent to an activating group) is 1. The molecule has 26 heavy (non-hydrogen) atoms. The van der Waals surface area contributed by atoms with Gasteiger partial charge in [-0.3, -0.25) is 9.59 Å². The van der Waals surface area contributed by atoms with Gasteiger partial charge in [0.05, 0.1) is 10.9 Å². The molecule has 0 saturated carbocycles. The number of thiophene rings is 1. The van der Waals surface area contributed by atoms with Gasteiger partial charge in [0.15, 0.2) is 0 Å². The molecule has 1 atom stereocenters. The van der Waals surface area contributed by atoms with Gasteiger partial charge in [0.25, 0.3) is 5.91 Å². The van der Waals surface area contributed by atoms with Crippen LogP contribution in [0.4, 0.5) is 0 Å². The first-order chi connectivity index (χ1) is 12.3. The molecule has 2 rings (SSSR count). The quantitative estimate of drug-likeness (QED) is 0.753. The maximum Gasteiger partial charge on any atom is 0.251 e. The van der Waals surface area contributed by atoms with E-state index >= 15 is 0 Å². The molecule has 0 unspecified atom stereocenters. The molecular weight excluding hydrogens is 368 g/mol. The molecule has 0 aliphatic carbocycles. The van der Waals surface area contributed by atoms with Crippen LogP contribution >= 0.6 is 22.9 Å². The Morgan fingerprint density at radius 3 is 2.50 bits per heavy atom. The van der Waals surface area contributed by atoms with Crippen molar-refractivity contribution in [3.63, 3.8) is 0 Å². The van der Waals surface area contributed by atoms with Crippen molar-refractivity contribution in [3.8, 4) is 0 Å². The molecule has 0 spiro atoms. The molecule has 1 heterocycles. The van der Waals surface area contributed by atoms with Gasteiger partial charge in [-0.15, -0.1) is 11.3 Å². The summed E-state index contributed by atoms with van der Waals surface area (Å²) in [7, 11) is 0. The fourth-order valence-electron chi connectivity index (χ4n) is 2.69. The second kappa shape index (κ2) is 9.19. The number of aryl methyl sites for hydroxylation is 1. The van der Waals surface area contributed by atoms with E-state index in [0.717, 1.165) is 10.4 Å². The Bertz CT molecular complexity index is 773. The highest BCUT2D eigenvalue weighted by Gasteiger charge is 2.28. The maximum atomic E-state index is 13.0. The summed E-state index contributed by atoms with van der Waals surface area (Å²) in [4.78, 5) is 28.4. The highest BCUT2D eigenvalue weighted by Crippen LogP contribution is 2.23. The van der Waals surface area contributed by atoms with E-state index in [-0.39, 0.29) is 17.7 Å². The van der Waals surface area contributed by atoms with Gasteiger partial charge in [-0.05, 0) is 44.0 Å². The molecule has 4 nitrogen and oxygen atoms in total. The van der Waals surface area contributed by atoms with Crippen molar-refractivity contribution < 1.29 is 9.59 Å². The van der Waals surface area contributed by atoms with Crippen molar-refractivity contribution in [2.24, 2.45) is 5.92 Å². The van der Waals surface area contributed by atoms with E-state index < -0.39 is 6.04 Å². The van der Waals surface area contributed by atoms with Crippen molar-refractivity contribution in [1.82, 2.24) is 10.2 Å². The second-order valence-electron chi connectivity index (χ2n) is 6.62. The number of carbonyl (C=O) groups excluding carboxylic acids is 2. The number of carbonyl (C=O) groups is 2.